The van der Waals surface area contributed by atoms with E-state index in [1.807, 2.05) is 24.3 Å². The summed E-state index contributed by atoms with van der Waals surface area (Å²) in [5.41, 5.74) is 0.630. The number of rotatable bonds is 4. The van der Waals surface area contributed by atoms with Gasteiger partial charge in [-0.1, -0.05) is 30.7 Å². The van der Waals surface area contributed by atoms with E-state index in [0.717, 1.165) is 37.9 Å². The maximum absolute atomic E-state index is 12.3. The Bertz CT molecular complexity index is 442. The minimum Gasteiger partial charge on any atom is -0.460 e. The molecule has 2 rings (SSSR count). The Balaban J connectivity index is 1.96. The Morgan fingerprint density at radius 1 is 1.42 bits per heavy atom. The molecule has 0 spiro atoms. The molecule has 1 aromatic rings. The van der Waals surface area contributed by atoms with Crippen molar-refractivity contribution in [3.05, 3.63) is 34.9 Å². The van der Waals surface area contributed by atoms with Crippen LogP contribution in [-0.4, -0.2) is 19.1 Å². The van der Waals surface area contributed by atoms with E-state index in [1.54, 1.807) is 0 Å². The maximum atomic E-state index is 12.3. The minimum atomic E-state index is -0.302. The quantitative estimate of drug-likeness (QED) is 0.862. The van der Waals surface area contributed by atoms with Crippen LogP contribution in [0.1, 0.15) is 31.7 Å². The average molecular weight is 282 g/mol. The molecule has 0 aromatic heterocycles. The molecule has 0 radical (unpaired) electrons. The molecule has 0 amide bonds. The second-order valence-corrected chi connectivity index (χ2v) is 5.53. The number of hydrogen-bond acceptors (Lipinski definition) is 3. The van der Waals surface area contributed by atoms with Crippen molar-refractivity contribution in [3.8, 4) is 0 Å². The van der Waals surface area contributed by atoms with Crippen molar-refractivity contribution in [2.24, 2.45) is 5.41 Å². The molecule has 1 N–H and O–H groups in total. The number of piperidine rings is 1. The highest BCUT2D eigenvalue weighted by Gasteiger charge is 2.39. The Kier molecular flexibility index (Phi) is 4.83. The van der Waals surface area contributed by atoms with Crippen LogP contribution in [0.3, 0.4) is 0 Å². The molecule has 1 heterocycles. The van der Waals surface area contributed by atoms with E-state index in [2.05, 4.69) is 12.2 Å². The van der Waals surface area contributed by atoms with Gasteiger partial charge in [-0.3, -0.25) is 4.79 Å². The van der Waals surface area contributed by atoms with E-state index in [1.165, 1.54) is 0 Å². The number of halogens is 1. The fourth-order valence-electron chi connectivity index (χ4n) is 2.54. The fourth-order valence-corrected chi connectivity index (χ4v) is 2.75. The summed E-state index contributed by atoms with van der Waals surface area (Å²) >= 11 is 5.91. The van der Waals surface area contributed by atoms with Crippen molar-refractivity contribution in [2.75, 3.05) is 13.1 Å². The van der Waals surface area contributed by atoms with Crippen molar-refractivity contribution in [1.29, 1.82) is 0 Å². The largest absolute Gasteiger partial charge is 0.460 e. The van der Waals surface area contributed by atoms with Crippen LogP contribution in [0.15, 0.2) is 24.3 Å². The van der Waals surface area contributed by atoms with Gasteiger partial charge < -0.3 is 10.1 Å². The Morgan fingerprint density at radius 2 is 2.16 bits per heavy atom. The third kappa shape index (κ3) is 3.48. The molecule has 104 valence electrons. The van der Waals surface area contributed by atoms with Crippen LogP contribution in [-0.2, 0) is 16.1 Å². The smallest absolute Gasteiger partial charge is 0.312 e. The number of ether oxygens (including phenoxy) is 1. The lowest BCUT2D eigenvalue weighted by molar-refractivity contribution is -0.159. The van der Waals surface area contributed by atoms with Crippen molar-refractivity contribution in [3.63, 3.8) is 0 Å². The molecule has 4 heteroatoms. The SMILES string of the molecule is CCC1(C(=O)OCc2cccc(Cl)c2)CCNCC1. The van der Waals surface area contributed by atoms with Crippen LogP contribution in [0.25, 0.3) is 0 Å². The van der Waals surface area contributed by atoms with E-state index in [-0.39, 0.29) is 11.4 Å². The van der Waals surface area contributed by atoms with Crippen LogP contribution in [0, 0.1) is 5.41 Å². The highest BCUT2D eigenvalue weighted by molar-refractivity contribution is 6.30. The molecule has 0 atom stereocenters. The number of nitrogens with one attached hydrogen (secondary N) is 1. The topological polar surface area (TPSA) is 38.3 Å². The van der Waals surface area contributed by atoms with Crippen molar-refractivity contribution in [2.45, 2.75) is 32.8 Å². The van der Waals surface area contributed by atoms with Gasteiger partial charge in [0.15, 0.2) is 0 Å². The number of carbonyl (C=O) groups is 1. The van der Waals surface area contributed by atoms with Gasteiger partial charge in [0, 0.05) is 5.02 Å². The monoisotopic (exact) mass is 281 g/mol. The highest BCUT2D eigenvalue weighted by Crippen LogP contribution is 2.34. The van der Waals surface area contributed by atoms with E-state index in [0.29, 0.717) is 11.6 Å². The van der Waals surface area contributed by atoms with E-state index in [9.17, 15) is 4.79 Å². The van der Waals surface area contributed by atoms with Gasteiger partial charge in [-0.05, 0) is 50.0 Å². The molecule has 0 aliphatic carbocycles. The molecule has 1 fully saturated rings. The number of benzene rings is 1. The predicted molar refractivity (Wildman–Crippen MR) is 76.1 cm³/mol. The number of carbonyl (C=O) groups excluding carboxylic acids is 1. The first-order valence-electron chi connectivity index (χ1n) is 6.79. The zero-order valence-electron chi connectivity index (χ0n) is 11.2. The van der Waals surface area contributed by atoms with Crippen LogP contribution in [0.5, 0.6) is 0 Å². The van der Waals surface area contributed by atoms with Gasteiger partial charge in [0.1, 0.15) is 6.61 Å². The molecule has 1 aromatic carbocycles. The standard InChI is InChI=1S/C15H20ClNO2/c1-2-15(6-8-17-9-7-15)14(18)19-11-12-4-3-5-13(16)10-12/h3-5,10,17H,2,6-9,11H2,1H3. The summed E-state index contributed by atoms with van der Waals surface area (Å²) in [5.74, 6) is -0.0727. The molecule has 0 saturated carbocycles. The maximum Gasteiger partial charge on any atom is 0.312 e. The van der Waals surface area contributed by atoms with Gasteiger partial charge in [-0.25, -0.2) is 0 Å². The summed E-state index contributed by atoms with van der Waals surface area (Å²) in [6, 6.07) is 7.43. The van der Waals surface area contributed by atoms with Crippen LogP contribution >= 0.6 is 11.6 Å². The van der Waals surface area contributed by atoms with Crippen molar-refractivity contribution >= 4 is 17.6 Å². The Morgan fingerprint density at radius 3 is 2.79 bits per heavy atom. The fraction of sp³-hybridized carbons (Fsp3) is 0.533. The van der Waals surface area contributed by atoms with E-state index < -0.39 is 0 Å². The summed E-state index contributed by atoms with van der Waals surface area (Å²) in [4.78, 5) is 12.3. The molecule has 0 bridgehead atoms. The van der Waals surface area contributed by atoms with Gasteiger partial charge in [-0.15, -0.1) is 0 Å². The summed E-state index contributed by atoms with van der Waals surface area (Å²) < 4.78 is 5.49. The molecular weight excluding hydrogens is 262 g/mol. The van der Waals surface area contributed by atoms with Gasteiger partial charge in [0.05, 0.1) is 5.41 Å². The summed E-state index contributed by atoms with van der Waals surface area (Å²) in [7, 11) is 0. The van der Waals surface area contributed by atoms with Gasteiger partial charge in [0.2, 0.25) is 0 Å². The molecule has 1 aliphatic heterocycles. The van der Waals surface area contributed by atoms with Crippen molar-refractivity contribution < 1.29 is 9.53 Å². The van der Waals surface area contributed by atoms with E-state index >= 15 is 0 Å². The normalized spacial score (nSPS) is 18.0. The lowest BCUT2D eigenvalue weighted by atomic mass is 9.77. The molecule has 19 heavy (non-hydrogen) atoms. The van der Waals surface area contributed by atoms with Crippen LogP contribution in [0.4, 0.5) is 0 Å². The molecule has 1 saturated heterocycles. The third-order valence-corrected chi connectivity index (χ3v) is 4.16. The second-order valence-electron chi connectivity index (χ2n) is 5.09. The van der Waals surface area contributed by atoms with Gasteiger partial charge >= 0.3 is 5.97 Å². The Hall–Kier alpha value is -1.06. The van der Waals surface area contributed by atoms with Gasteiger partial charge in [-0.2, -0.15) is 0 Å². The first-order valence-corrected chi connectivity index (χ1v) is 7.16. The van der Waals surface area contributed by atoms with Crippen LogP contribution < -0.4 is 5.32 Å². The molecule has 0 unspecified atom stereocenters. The summed E-state index contributed by atoms with van der Waals surface area (Å²) in [6.07, 6.45) is 2.55. The first-order chi connectivity index (χ1) is 9.16. The zero-order valence-corrected chi connectivity index (χ0v) is 12.0. The van der Waals surface area contributed by atoms with Crippen LogP contribution in [0.2, 0.25) is 5.02 Å². The molecular formula is C15H20ClNO2. The highest BCUT2D eigenvalue weighted by atomic mass is 35.5. The summed E-state index contributed by atoms with van der Waals surface area (Å²) in [5, 5.41) is 3.95. The lowest BCUT2D eigenvalue weighted by Crippen LogP contribution is -2.42. The second kappa shape index (κ2) is 6.40. The summed E-state index contributed by atoms with van der Waals surface area (Å²) in [6.45, 7) is 4.14. The number of esters is 1. The van der Waals surface area contributed by atoms with E-state index in [4.69, 9.17) is 16.3 Å². The lowest BCUT2D eigenvalue weighted by Gasteiger charge is -2.34. The third-order valence-electron chi connectivity index (χ3n) is 3.93. The minimum absolute atomic E-state index is 0.0727. The molecule has 3 nitrogen and oxygen atoms in total. The average Bonchev–Trinajstić information content (AvgIpc) is 2.45. The first kappa shape index (κ1) is 14.4. The predicted octanol–water partition coefficient (Wildman–Crippen LogP) is 3.16. The number of hydrogen-bond donors (Lipinski definition) is 1. The van der Waals surface area contributed by atoms with Gasteiger partial charge in [0.25, 0.3) is 0 Å². The van der Waals surface area contributed by atoms with Crippen molar-refractivity contribution in [1.82, 2.24) is 5.32 Å². The Labute approximate surface area is 119 Å². The zero-order chi connectivity index (χ0) is 13.7. The molecule has 1 aliphatic rings.